The SMILES string of the molecule is Cc1nn(C)c(C)c1/C=C/C(=O)N1CCC(Cc2cnc(Nc3ccccn3)cn2)CC1. The number of nitrogens with zero attached hydrogens (tertiary/aromatic N) is 6. The van der Waals surface area contributed by atoms with Gasteiger partial charge in [0.15, 0.2) is 0 Å². The number of likely N-dealkylation sites (tertiary alicyclic amines) is 1. The minimum Gasteiger partial charge on any atom is -0.339 e. The van der Waals surface area contributed by atoms with Crippen LogP contribution in [0.5, 0.6) is 0 Å². The average Bonchev–Trinajstić information content (AvgIpc) is 3.05. The zero-order valence-electron chi connectivity index (χ0n) is 18.8. The fourth-order valence-corrected chi connectivity index (χ4v) is 4.04. The molecule has 1 saturated heterocycles. The van der Waals surface area contributed by atoms with Crippen molar-refractivity contribution in [2.24, 2.45) is 13.0 Å². The van der Waals surface area contributed by atoms with Crippen molar-refractivity contribution in [1.82, 2.24) is 29.6 Å². The topological polar surface area (TPSA) is 88.8 Å². The highest BCUT2D eigenvalue weighted by Gasteiger charge is 2.22. The van der Waals surface area contributed by atoms with Gasteiger partial charge in [0.2, 0.25) is 5.91 Å². The third kappa shape index (κ3) is 5.19. The first-order chi connectivity index (χ1) is 15.5. The van der Waals surface area contributed by atoms with Crippen LogP contribution >= 0.6 is 0 Å². The molecule has 0 radical (unpaired) electrons. The molecule has 3 aromatic heterocycles. The fourth-order valence-electron chi connectivity index (χ4n) is 4.04. The van der Waals surface area contributed by atoms with Gasteiger partial charge in [-0.1, -0.05) is 6.07 Å². The summed E-state index contributed by atoms with van der Waals surface area (Å²) in [6.07, 6.45) is 11.7. The standard InChI is InChI=1S/C24H29N7O/c1-17-21(18(2)30(3)29-17)7-8-24(32)31-12-9-19(10-13-31)14-20-15-27-23(16-26-20)28-22-6-4-5-11-25-22/h4-8,11,15-16,19H,9-10,12-14H2,1-3H3,(H,25,27,28)/b8-7+. The Kier molecular flexibility index (Phi) is 6.58. The number of pyridine rings is 1. The molecule has 4 heterocycles. The Labute approximate surface area is 188 Å². The van der Waals surface area contributed by atoms with Crippen LogP contribution in [0.15, 0.2) is 42.9 Å². The summed E-state index contributed by atoms with van der Waals surface area (Å²) in [7, 11) is 1.92. The fraction of sp³-hybridized carbons (Fsp3) is 0.375. The van der Waals surface area contributed by atoms with E-state index in [1.54, 1.807) is 18.5 Å². The van der Waals surface area contributed by atoms with E-state index in [0.717, 1.165) is 60.8 Å². The Hall–Kier alpha value is -3.55. The van der Waals surface area contributed by atoms with Gasteiger partial charge in [0.25, 0.3) is 0 Å². The molecule has 0 spiro atoms. The molecule has 0 unspecified atom stereocenters. The van der Waals surface area contributed by atoms with Gasteiger partial charge in [-0.3, -0.25) is 14.5 Å². The number of carbonyl (C=O) groups is 1. The molecule has 32 heavy (non-hydrogen) atoms. The molecule has 1 aliphatic heterocycles. The van der Waals surface area contributed by atoms with Crippen LogP contribution in [0.25, 0.3) is 6.08 Å². The van der Waals surface area contributed by atoms with Gasteiger partial charge >= 0.3 is 0 Å². The van der Waals surface area contributed by atoms with Crippen molar-refractivity contribution in [2.45, 2.75) is 33.1 Å². The van der Waals surface area contributed by atoms with E-state index in [1.165, 1.54) is 0 Å². The highest BCUT2D eigenvalue weighted by Crippen LogP contribution is 2.22. The first kappa shape index (κ1) is 21.7. The Bertz CT molecular complexity index is 1080. The van der Waals surface area contributed by atoms with Crippen molar-refractivity contribution >= 4 is 23.6 Å². The van der Waals surface area contributed by atoms with Gasteiger partial charge < -0.3 is 10.2 Å². The van der Waals surface area contributed by atoms with Crippen LogP contribution in [0.1, 0.15) is 35.5 Å². The van der Waals surface area contributed by atoms with Gasteiger partial charge in [-0.25, -0.2) is 9.97 Å². The molecule has 0 bridgehead atoms. The summed E-state index contributed by atoms with van der Waals surface area (Å²) in [5.74, 6) is 2.00. The van der Waals surface area contributed by atoms with Crippen molar-refractivity contribution in [3.8, 4) is 0 Å². The van der Waals surface area contributed by atoms with Crippen LogP contribution in [-0.2, 0) is 18.3 Å². The van der Waals surface area contributed by atoms with E-state index in [9.17, 15) is 4.79 Å². The maximum atomic E-state index is 12.6. The summed E-state index contributed by atoms with van der Waals surface area (Å²) < 4.78 is 1.84. The summed E-state index contributed by atoms with van der Waals surface area (Å²) >= 11 is 0. The molecular formula is C24H29N7O. The molecule has 1 fully saturated rings. The van der Waals surface area contributed by atoms with E-state index in [4.69, 9.17) is 0 Å². The molecule has 8 heteroatoms. The predicted octanol–water partition coefficient (Wildman–Crippen LogP) is 3.46. The molecule has 0 saturated carbocycles. The van der Waals surface area contributed by atoms with Crippen molar-refractivity contribution in [2.75, 3.05) is 18.4 Å². The van der Waals surface area contributed by atoms with Crippen LogP contribution in [0, 0.1) is 19.8 Å². The highest BCUT2D eigenvalue weighted by atomic mass is 16.2. The number of hydrogen-bond acceptors (Lipinski definition) is 6. The third-order valence-electron chi connectivity index (χ3n) is 6.01. The number of nitrogens with one attached hydrogen (secondary N) is 1. The van der Waals surface area contributed by atoms with Crippen molar-refractivity contribution in [3.63, 3.8) is 0 Å². The third-order valence-corrected chi connectivity index (χ3v) is 6.01. The van der Waals surface area contributed by atoms with Gasteiger partial charge in [0.1, 0.15) is 11.6 Å². The molecule has 0 atom stereocenters. The molecule has 0 aliphatic carbocycles. The normalized spacial score (nSPS) is 14.8. The monoisotopic (exact) mass is 431 g/mol. The van der Waals surface area contributed by atoms with Crippen LogP contribution in [0.2, 0.25) is 0 Å². The molecule has 166 valence electrons. The van der Waals surface area contributed by atoms with E-state index in [2.05, 4.69) is 25.4 Å². The van der Waals surface area contributed by atoms with Crippen LogP contribution < -0.4 is 5.32 Å². The lowest BCUT2D eigenvalue weighted by Crippen LogP contribution is -2.38. The maximum Gasteiger partial charge on any atom is 0.246 e. The number of hydrogen-bond donors (Lipinski definition) is 1. The van der Waals surface area contributed by atoms with Gasteiger partial charge in [-0.2, -0.15) is 5.10 Å². The molecule has 1 amide bonds. The Morgan fingerprint density at radius 2 is 1.94 bits per heavy atom. The number of anilines is 2. The largest absolute Gasteiger partial charge is 0.339 e. The minimum atomic E-state index is 0.0656. The summed E-state index contributed by atoms with van der Waals surface area (Å²) in [5, 5.41) is 7.54. The van der Waals surface area contributed by atoms with Crippen molar-refractivity contribution in [3.05, 3.63) is 65.5 Å². The summed E-state index contributed by atoms with van der Waals surface area (Å²) in [5.41, 5.74) is 4.00. The molecule has 0 aromatic carbocycles. The van der Waals surface area contributed by atoms with Gasteiger partial charge in [-0.15, -0.1) is 0 Å². The second kappa shape index (κ2) is 9.72. The maximum absolute atomic E-state index is 12.6. The van der Waals surface area contributed by atoms with Gasteiger partial charge in [0, 0.05) is 43.7 Å². The minimum absolute atomic E-state index is 0.0656. The second-order valence-corrected chi connectivity index (χ2v) is 8.25. The number of aryl methyl sites for hydroxylation is 2. The Morgan fingerprint density at radius 1 is 1.12 bits per heavy atom. The number of carbonyl (C=O) groups excluding carboxylic acids is 1. The van der Waals surface area contributed by atoms with Crippen LogP contribution in [0.4, 0.5) is 11.6 Å². The van der Waals surface area contributed by atoms with E-state index in [-0.39, 0.29) is 5.91 Å². The molecule has 1 N–H and O–H groups in total. The van der Waals surface area contributed by atoms with Crippen LogP contribution in [-0.4, -0.2) is 48.6 Å². The molecule has 3 aromatic rings. The van der Waals surface area contributed by atoms with Gasteiger partial charge in [-0.05, 0) is 57.2 Å². The number of rotatable bonds is 6. The smallest absolute Gasteiger partial charge is 0.246 e. The molecular weight excluding hydrogens is 402 g/mol. The first-order valence-corrected chi connectivity index (χ1v) is 11.0. The van der Waals surface area contributed by atoms with Crippen molar-refractivity contribution < 1.29 is 4.79 Å². The number of amides is 1. The zero-order valence-corrected chi connectivity index (χ0v) is 18.8. The van der Waals surface area contributed by atoms with E-state index in [1.807, 2.05) is 60.9 Å². The molecule has 4 rings (SSSR count). The molecule has 1 aliphatic rings. The molecule has 8 nitrogen and oxygen atoms in total. The number of piperidine rings is 1. The van der Waals surface area contributed by atoms with E-state index >= 15 is 0 Å². The first-order valence-electron chi connectivity index (χ1n) is 11.0. The summed E-state index contributed by atoms with van der Waals surface area (Å²) in [6.45, 7) is 5.52. The zero-order chi connectivity index (χ0) is 22.5. The van der Waals surface area contributed by atoms with E-state index < -0.39 is 0 Å². The Morgan fingerprint density at radius 3 is 2.56 bits per heavy atom. The second-order valence-electron chi connectivity index (χ2n) is 8.25. The Balaban J connectivity index is 1.26. The van der Waals surface area contributed by atoms with Crippen molar-refractivity contribution in [1.29, 1.82) is 0 Å². The lowest BCUT2D eigenvalue weighted by Gasteiger charge is -2.31. The highest BCUT2D eigenvalue weighted by molar-refractivity contribution is 5.92. The average molecular weight is 432 g/mol. The van der Waals surface area contributed by atoms with Gasteiger partial charge in [0.05, 0.1) is 23.8 Å². The predicted molar refractivity (Wildman–Crippen MR) is 124 cm³/mol. The van der Waals surface area contributed by atoms with E-state index in [0.29, 0.717) is 11.7 Å². The number of aromatic nitrogens is 5. The lowest BCUT2D eigenvalue weighted by molar-refractivity contribution is -0.127. The quantitative estimate of drug-likeness (QED) is 0.601. The summed E-state index contributed by atoms with van der Waals surface area (Å²) in [6, 6.07) is 5.68. The lowest BCUT2D eigenvalue weighted by atomic mass is 9.92. The van der Waals surface area contributed by atoms with Crippen LogP contribution in [0.3, 0.4) is 0 Å². The summed E-state index contributed by atoms with van der Waals surface area (Å²) in [4.78, 5) is 27.8.